The quantitative estimate of drug-likeness (QED) is 0.430. The van der Waals surface area contributed by atoms with Crippen LogP contribution < -0.4 is 0 Å². The summed E-state index contributed by atoms with van der Waals surface area (Å²) in [7, 11) is 0. The van der Waals surface area contributed by atoms with Gasteiger partial charge in [0.15, 0.2) is 0 Å². The standard InChI is InChI=1S/C13H19NO6/c1-8-9(2)12(17)14(11(8)16)7-6-10(15)18-20-19-13(3,4)5/h6-7H2,1-5H3. The third kappa shape index (κ3) is 4.14. The first-order valence-electron chi connectivity index (χ1n) is 6.22. The van der Waals surface area contributed by atoms with Crippen LogP contribution in [0.3, 0.4) is 0 Å². The Morgan fingerprint density at radius 3 is 2.05 bits per heavy atom. The summed E-state index contributed by atoms with van der Waals surface area (Å²) in [5, 5.41) is 4.32. The number of imide groups is 1. The second kappa shape index (κ2) is 6.15. The van der Waals surface area contributed by atoms with Crippen molar-refractivity contribution in [3.63, 3.8) is 0 Å². The summed E-state index contributed by atoms with van der Waals surface area (Å²) in [4.78, 5) is 45.0. The maximum atomic E-state index is 11.7. The first kappa shape index (κ1) is 16.3. The molecule has 0 aromatic carbocycles. The lowest BCUT2D eigenvalue weighted by atomic mass is 10.2. The van der Waals surface area contributed by atoms with Gasteiger partial charge in [0.05, 0.1) is 12.0 Å². The van der Waals surface area contributed by atoms with Gasteiger partial charge in [-0.05, 0) is 39.7 Å². The highest BCUT2D eigenvalue weighted by molar-refractivity contribution is 6.18. The highest BCUT2D eigenvalue weighted by atomic mass is 17.5. The SMILES string of the molecule is CC1=C(C)C(=O)N(CCC(=O)OOOC(C)(C)C)C1=O. The third-order valence-corrected chi connectivity index (χ3v) is 2.64. The zero-order chi connectivity index (χ0) is 15.5. The van der Waals surface area contributed by atoms with E-state index in [0.717, 1.165) is 4.90 Å². The van der Waals surface area contributed by atoms with Crippen molar-refractivity contribution in [3.05, 3.63) is 11.1 Å². The van der Waals surface area contributed by atoms with E-state index in [4.69, 9.17) is 4.89 Å². The van der Waals surface area contributed by atoms with Gasteiger partial charge in [0.25, 0.3) is 11.8 Å². The van der Waals surface area contributed by atoms with Crippen molar-refractivity contribution in [2.45, 2.75) is 46.6 Å². The van der Waals surface area contributed by atoms with Crippen LogP contribution in [-0.4, -0.2) is 34.8 Å². The summed E-state index contributed by atoms with van der Waals surface area (Å²) in [6.07, 6.45) is -0.161. The van der Waals surface area contributed by atoms with Gasteiger partial charge in [-0.1, -0.05) is 0 Å². The Morgan fingerprint density at radius 1 is 1.10 bits per heavy atom. The fourth-order valence-electron chi connectivity index (χ4n) is 1.42. The first-order chi connectivity index (χ1) is 9.13. The molecule has 7 nitrogen and oxygen atoms in total. The Labute approximate surface area is 117 Å². The largest absolute Gasteiger partial charge is 0.347 e. The minimum atomic E-state index is -0.725. The van der Waals surface area contributed by atoms with Gasteiger partial charge in [0, 0.05) is 17.7 Å². The van der Waals surface area contributed by atoms with E-state index in [0.29, 0.717) is 11.1 Å². The highest BCUT2D eigenvalue weighted by Crippen LogP contribution is 2.19. The molecule has 0 unspecified atom stereocenters. The average molecular weight is 285 g/mol. The van der Waals surface area contributed by atoms with E-state index in [9.17, 15) is 14.4 Å². The van der Waals surface area contributed by atoms with E-state index in [1.807, 2.05) is 0 Å². The van der Waals surface area contributed by atoms with Crippen LogP contribution in [0.25, 0.3) is 0 Å². The van der Waals surface area contributed by atoms with Crippen LogP contribution >= 0.6 is 0 Å². The van der Waals surface area contributed by atoms with E-state index in [-0.39, 0.29) is 24.8 Å². The second-order valence-electron chi connectivity index (χ2n) is 5.48. The van der Waals surface area contributed by atoms with Gasteiger partial charge in [-0.15, -0.1) is 0 Å². The fraction of sp³-hybridized carbons (Fsp3) is 0.615. The van der Waals surface area contributed by atoms with Crippen molar-refractivity contribution in [1.82, 2.24) is 4.90 Å². The zero-order valence-electron chi connectivity index (χ0n) is 12.3. The monoisotopic (exact) mass is 285 g/mol. The molecule has 112 valence electrons. The maximum Gasteiger partial charge on any atom is 0.347 e. The fourth-order valence-corrected chi connectivity index (χ4v) is 1.42. The Hall–Kier alpha value is -1.73. The Bertz CT molecular complexity index is 436. The average Bonchev–Trinajstić information content (AvgIpc) is 2.51. The van der Waals surface area contributed by atoms with Crippen molar-refractivity contribution in [2.24, 2.45) is 0 Å². The summed E-state index contributed by atoms with van der Waals surface area (Å²) < 4.78 is 0. The molecule has 0 saturated heterocycles. The molecular formula is C13H19NO6. The molecule has 0 fully saturated rings. The lowest BCUT2D eigenvalue weighted by Gasteiger charge is -2.16. The van der Waals surface area contributed by atoms with Gasteiger partial charge in [0.2, 0.25) is 0 Å². The van der Waals surface area contributed by atoms with Crippen LogP contribution in [0, 0.1) is 0 Å². The molecule has 1 heterocycles. The highest BCUT2D eigenvalue weighted by Gasteiger charge is 2.33. The van der Waals surface area contributed by atoms with Gasteiger partial charge in [-0.25, -0.2) is 4.79 Å². The predicted octanol–water partition coefficient (Wildman–Crippen LogP) is 1.29. The lowest BCUT2D eigenvalue weighted by molar-refractivity contribution is -0.514. The van der Waals surface area contributed by atoms with Gasteiger partial charge in [-0.2, -0.15) is 4.89 Å². The normalized spacial score (nSPS) is 16.1. The van der Waals surface area contributed by atoms with Crippen LogP contribution in [-0.2, 0) is 29.2 Å². The predicted molar refractivity (Wildman–Crippen MR) is 67.7 cm³/mol. The summed E-state index contributed by atoms with van der Waals surface area (Å²) >= 11 is 0. The molecule has 0 aliphatic carbocycles. The smallest absolute Gasteiger partial charge is 0.274 e. The number of rotatable bonds is 5. The minimum Gasteiger partial charge on any atom is -0.274 e. The van der Waals surface area contributed by atoms with E-state index >= 15 is 0 Å². The van der Waals surface area contributed by atoms with Crippen molar-refractivity contribution in [2.75, 3.05) is 6.54 Å². The first-order valence-corrected chi connectivity index (χ1v) is 6.22. The zero-order valence-corrected chi connectivity index (χ0v) is 12.3. The van der Waals surface area contributed by atoms with E-state index in [1.54, 1.807) is 34.6 Å². The van der Waals surface area contributed by atoms with Crippen molar-refractivity contribution in [3.8, 4) is 0 Å². The molecular weight excluding hydrogens is 266 g/mol. The summed E-state index contributed by atoms with van der Waals surface area (Å²) in [5.74, 6) is -1.49. The second-order valence-corrected chi connectivity index (χ2v) is 5.48. The Morgan fingerprint density at radius 2 is 1.60 bits per heavy atom. The molecule has 20 heavy (non-hydrogen) atoms. The summed E-state index contributed by atoms with van der Waals surface area (Å²) in [5.41, 5.74) is 0.186. The van der Waals surface area contributed by atoms with Crippen molar-refractivity contribution < 1.29 is 29.2 Å². The molecule has 0 N–H and O–H groups in total. The molecule has 7 heteroatoms. The minimum absolute atomic E-state index is 0.0515. The number of nitrogens with zero attached hydrogens (tertiary/aromatic N) is 1. The number of hydrogen-bond acceptors (Lipinski definition) is 6. The van der Waals surface area contributed by atoms with Crippen molar-refractivity contribution in [1.29, 1.82) is 0 Å². The number of carbonyl (C=O) groups excluding carboxylic acids is 3. The third-order valence-electron chi connectivity index (χ3n) is 2.64. The van der Waals surface area contributed by atoms with E-state index in [2.05, 4.69) is 9.93 Å². The van der Waals surface area contributed by atoms with Crippen LogP contribution in [0.15, 0.2) is 11.1 Å². The molecule has 1 rings (SSSR count). The van der Waals surface area contributed by atoms with Gasteiger partial charge in [0.1, 0.15) is 0 Å². The number of carbonyl (C=O) groups is 3. The summed E-state index contributed by atoms with van der Waals surface area (Å²) in [6, 6.07) is 0. The molecule has 0 aromatic rings. The topological polar surface area (TPSA) is 82.1 Å². The van der Waals surface area contributed by atoms with Crippen molar-refractivity contribution >= 4 is 17.8 Å². The van der Waals surface area contributed by atoms with Crippen LogP contribution in [0.4, 0.5) is 0 Å². The molecule has 0 spiro atoms. The van der Waals surface area contributed by atoms with Gasteiger partial charge < -0.3 is 0 Å². The summed E-state index contributed by atoms with van der Waals surface area (Å²) in [6.45, 7) is 8.27. The lowest BCUT2D eigenvalue weighted by Crippen LogP contribution is -2.33. The van der Waals surface area contributed by atoms with Gasteiger partial charge in [-0.3, -0.25) is 19.4 Å². The molecule has 1 aliphatic heterocycles. The molecule has 0 aromatic heterocycles. The van der Waals surface area contributed by atoms with Crippen LogP contribution in [0.1, 0.15) is 41.0 Å². The number of amides is 2. The maximum absolute atomic E-state index is 11.7. The Kier molecular flexibility index (Phi) is 5.02. The van der Waals surface area contributed by atoms with Crippen LogP contribution in [0.5, 0.6) is 0 Å². The molecule has 2 amide bonds. The molecule has 0 saturated carbocycles. The van der Waals surface area contributed by atoms with E-state index < -0.39 is 11.6 Å². The number of hydrogen-bond donors (Lipinski definition) is 0. The molecule has 1 aliphatic rings. The van der Waals surface area contributed by atoms with Gasteiger partial charge >= 0.3 is 5.97 Å². The van der Waals surface area contributed by atoms with Crippen LogP contribution in [0.2, 0.25) is 0 Å². The molecule has 0 atom stereocenters. The Balaban J connectivity index is 2.36. The molecule has 0 radical (unpaired) electrons. The van der Waals surface area contributed by atoms with E-state index in [1.165, 1.54) is 0 Å². The molecule has 0 bridgehead atoms.